The van der Waals surface area contributed by atoms with Gasteiger partial charge >= 0.3 is 170 Å². The first-order valence-electron chi connectivity index (χ1n) is 10.1. The molecule has 188 valence electrons. The SMILES string of the molecule is Fc1ccc([As+](c2ccccc2)(c2ccc(F)cc2)c2ccc(F)cc2)cc1.O=S(=O)([O-])C(F)(F)F. The van der Waals surface area contributed by atoms with Gasteiger partial charge in [-0.05, 0) is 0 Å². The van der Waals surface area contributed by atoms with Gasteiger partial charge in [0.25, 0.3) is 0 Å². The number of rotatable bonds is 4. The molecule has 11 heteroatoms. The van der Waals surface area contributed by atoms with Gasteiger partial charge in [-0.3, -0.25) is 0 Å². The van der Waals surface area contributed by atoms with Crippen LogP contribution in [0.4, 0.5) is 26.3 Å². The van der Waals surface area contributed by atoms with E-state index in [-0.39, 0.29) is 17.5 Å². The van der Waals surface area contributed by atoms with E-state index >= 15 is 0 Å². The number of alkyl halides is 3. The normalized spacial score (nSPS) is 12.0. The van der Waals surface area contributed by atoms with Gasteiger partial charge in [-0.15, -0.1) is 0 Å². The second kappa shape index (κ2) is 10.9. The Balaban J connectivity index is 0.000000392. The van der Waals surface area contributed by atoms with Crippen LogP contribution in [0.15, 0.2) is 103 Å². The monoisotopic (exact) mass is 586 g/mol. The minimum absolute atomic E-state index is 0.316. The largest absolute Gasteiger partial charge is 0.741 e. The Morgan fingerprint density at radius 2 is 0.778 bits per heavy atom. The maximum atomic E-state index is 13.7. The summed E-state index contributed by atoms with van der Waals surface area (Å²) in [5, 5.41) is 0. The van der Waals surface area contributed by atoms with Crippen LogP contribution < -0.4 is 17.4 Å². The van der Waals surface area contributed by atoms with Crippen LogP contribution in [0.3, 0.4) is 0 Å². The van der Waals surface area contributed by atoms with Crippen LogP contribution in [0, 0.1) is 17.5 Å². The zero-order valence-corrected chi connectivity index (χ0v) is 20.9. The molecular weight excluding hydrogens is 569 g/mol. The molecule has 0 saturated heterocycles. The average Bonchev–Trinajstić information content (AvgIpc) is 2.83. The van der Waals surface area contributed by atoms with Crippen molar-refractivity contribution in [1.82, 2.24) is 0 Å². The number of hydrogen-bond donors (Lipinski definition) is 0. The quantitative estimate of drug-likeness (QED) is 0.159. The molecule has 0 aromatic heterocycles. The molecule has 36 heavy (non-hydrogen) atoms. The summed E-state index contributed by atoms with van der Waals surface area (Å²) in [7, 11) is -6.09. The fourth-order valence-electron chi connectivity index (χ4n) is 3.54. The molecule has 0 radical (unpaired) electrons. The molecule has 0 fully saturated rings. The van der Waals surface area contributed by atoms with E-state index in [4.69, 9.17) is 13.0 Å². The smallest absolute Gasteiger partial charge is 0.485 e. The Morgan fingerprint density at radius 1 is 0.528 bits per heavy atom. The third-order valence-electron chi connectivity index (χ3n) is 5.07. The molecule has 0 amide bonds. The molecule has 0 unspecified atom stereocenters. The summed E-state index contributed by atoms with van der Waals surface area (Å²) in [6.45, 7) is 0. The van der Waals surface area contributed by atoms with E-state index in [0.717, 1.165) is 17.4 Å². The molecule has 4 rings (SSSR count). The van der Waals surface area contributed by atoms with Crippen LogP contribution in [-0.4, -0.2) is 32.0 Å². The van der Waals surface area contributed by atoms with Crippen LogP contribution in [0.5, 0.6) is 0 Å². The predicted octanol–water partition coefficient (Wildman–Crippen LogP) is 3.53. The Hall–Kier alpha value is -3.07. The summed E-state index contributed by atoms with van der Waals surface area (Å²) in [6.07, 6.45) is 0. The second-order valence-electron chi connectivity index (χ2n) is 7.34. The fraction of sp³-hybridized carbons (Fsp3) is 0.0400. The van der Waals surface area contributed by atoms with Gasteiger partial charge in [0.15, 0.2) is 10.1 Å². The summed E-state index contributed by atoms with van der Waals surface area (Å²) < 4.78 is 104. The number of halogens is 6. The molecular formula is C25H17AsF6O3S. The molecule has 0 aliphatic rings. The van der Waals surface area contributed by atoms with Crippen molar-refractivity contribution >= 4 is 41.1 Å². The van der Waals surface area contributed by atoms with Crippen molar-refractivity contribution in [2.75, 3.05) is 0 Å². The Labute approximate surface area is 206 Å². The molecule has 0 aliphatic carbocycles. The zero-order valence-electron chi connectivity index (χ0n) is 18.2. The maximum Gasteiger partial charge on any atom is 0.485 e. The molecule has 0 bridgehead atoms. The van der Waals surface area contributed by atoms with Gasteiger partial charge in [0.2, 0.25) is 0 Å². The van der Waals surface area contributed by atoms with Crippen molar-refractivity contribution < 1.29 is 39.3 Å². The van der Waals surface area contributed by atoms with Crippen LogP contribution in [-0.2, 0) is 10.1 Å². The van der Waals surface area contributed by atoms with Gasteiger partial charge in [0.05, 0.1) is 0 Å². The van der Waals surface area contributed by atoms with Crippen molar-refractivity contribution in [1.29, 1.82) is 0 Å². The first-order chi connectivity index (χ1) is 16.9. The van der Waals surface area contributed by atoms with Gasteiger partial charge in [0.1, 0.15) is 0 Å². The molecule has 4 aromatic rings. The first kappa shape index (κ1) is 27.5. The molecule has 0 heterocycles. The molecule has 0 N–H and O–H groups in total. The van der Waals surface area contributed by atoms with E-state index in [1.807, 2.05) is 30.3 Å². The third kappa shape index (κ3) is 6.00. The van der Waals surface area contributed by atoms with Gasteiger partial charge in [0, 0.05) is 0 Å². The van der Waals surface area contributed by atoms with E-state index in [1.165, 1.54) is 36.4 Å². The van der Waals surface area contributed by atoms with Crippen molar-refractivity contribution in [2.24, 2.45) is 0 Å². The van der Waals surface area contributed by atoms with Crippen LogP contribution in [0.2, 0.25) is 0 Å². The predicted molar refractivity (Wildman–Crippen MR) is 126 cm³/mol. The van der Waals surface area contributed by atoms with Gasteiger partial charge in [-0.25, -0.2) is 8.42 Å². The fourth-order valence-corrected chi connectivity index (χ4v) is 12.3. The minimum Gasteiger partial charge on any atom is -0.741 e. The summed E-state index contributed by atoms with van der Waals surface area (Å²) in [5.74, 6) is -0.948. The van der Waals surface area contributed by atoms with E-state index < -0.39 is 29.2 Å². The zero-order chi connectivity index (χ0) is 26.6. The van der Waals surface area contributed by atoms with Crippen LogP contribution in [0.25, 0.3) is 0 Å². The second-order valence-corrected chi connectivity index (χ2v) is 15.9. The Bertz CT molecular complexity index is 1280. The van der Waals surface area contributed by atoms with E-state index in [9.17, 15) is 26.3 Å². The summed E-state index contributed by atoms with van der Waals surface area (Å²) in [5.41, 5.74) is -5.65. The minimum atomic E-state index is -6.09. The number of hydrogen-bond acceptors (Lipinski definition) is 3. The first-order valence-corrected chi connectivity index (χ1v) is 15.3. The van der Waals surface area contributed by atoms with Crippen molar-refractivity contribution in [2.45, 2.75) is 5.51 Å². The Morgan fingerprint density at radius 3 is 1.03 bits per heavy atom. The van der Waals surface area contributed by atoms with Gasteiger partial charge in [-0.2, -0.15) is 13.2 Å². The molecule has 0 spiro atoms. The number of benzene rings is 4. The molecule has 3 nitrogen and oxygen atoms in total. The van der Waals surface area contributed by atoms with E-state index in [1.54, 1.807) is 36.4 Å². The van der Waals surface area contributed by atoms with Gasteiger partial charge in [-0.1, -0.05) is 0 Å². The molecule has 0 atom stereocenters. The summed E-state index contributed by atoms with van der Waals surface area (Å²) in [6, 6.07) is 29.4. The van der Waals surface area contributed by atoms with Crippen molar-refractivity contribution in [3.05, 3.63) is 121 Å². The maximum absolute atomic E-state index is 13.7. The third-order valence-corrected chi connectivity index (χ3v) is 14.6. The summed E-state index contributed by atoms with van der Waals surface area (Å²) >= 11 is -3.35. The standard InChI is InChI=1S/C24H17AsF3.CHF3O3S/c26-22-12-6-19(7-13-22)25(18-4-2-1-3-5-18,20-8-14-23(27)15-9-20)21-10-16-24(28)17-11-21;2-1(3,4)8(5,6)7/h1-17H;(H,5,6,7)/q+1;/p-1. The molecule has 0 saturated carbocycles. The van der Waals surface area contributed by atoms with E-state index in [2.05, 4.69) is 0 Å². The van der Waals surface area contributed by atoms with Gasteiger partial charge < -0.3 is 4.55 Å². The van der Waals surface area contributed by atoms with Crippen LogP contribution >= 0.6 is 0 Å². The van der Waals surface area contributed by atoms with Crippen LogP contribution in [0.1, 0.15) is 0 Å². The van der Waals surface area contributed by atoms with Crippen molar-refractivity contribution in [3.63, 3.8) is 0 Å². The molecule has 0 aliphatic heterocycles. The van der Waals surface area contributed by atoms with Crippen molar-refractivity contribution in [3.8, 4) is 0 Å². The summed E-state index contributed by atoms with van der Waals surface area (Å²) in [4.78, 5) is 0. The topological polar surface area (TPSA) is 57.2 Å². The Kier molecular flexibility index (Phi) is 8.33. The average molecular weight is 586 g/mol. The molecule has 4 aromatic carbocycles. The van der Waals surface area contributed by atoms with E-state index in [0.29, 0.717) is 0 Å².